The second-order valence-electron chi connectivity index (χ2n) is 3.72. The van der Waals surface area contributed by atoms with Gasteiger partial charge < -0.3 is 9.53 Å². The van der Waals surface area contributed by atoms with E-state index in [9.17, 15) is 9.59 Å². The summed E-state index contributed by atoms with van der Waals surface area (Å²) in [6, 6.07) is 8.86. The molecule has 3 nitrogen and oxygen atoms in total. The van der Waals surface area contributed by atoms with Crippen LogP contribution < -0.4 is 0 Å². The third-order valence-electron chi connectivity index (χ3n) is 2.31. The molecule has 0 bridgehead atoms. The van der Waals surface area contributed by atoms with E-state index in [1.54, 1.807) is 24.3 Å². The Morgan fingerprint density at radius 2 is 2.00 bits per heavy atom. The van der Waals surface area contributed by atoms with Crippen LogP contribution in [-0.2, 0) is 9.53 Å². The molecule has 0 atom stereocenters. The first-order chi connectivity index (χ1) is 8.24. The fourth-order valence-corrected chi connectivity index (χ4v) is 1.31. The Morgan fingerprint density at radius 3 is 2.65 bits per heavy atom. The maximum absolute atomic E-state index is 11.5. The molecule has 0 amide bonds. The summed E-state index contributed by atoms with van der Waals surface area (Å²) < 4.78 is 5.08. The molecule has 1 rings (SSSR count). The number of ether oxygens (including phenoxy) is 1. The van der Waals surface area contributed by atoms with E-state index in [2.05, 4.69) is 0 Å². The Kier molecular flexibility index (Phi) is 5.72. The lowest BCUT2D eigenvalue weighted by Gasteiger charge is -2.02. The van der Waals surface area contributed by atoms with E-state index in [0.29, 0.717) is 18.4 Å². The minimum Gasteiger partial charge on any atom is -0.458 e. The Bertz CT molecular complexity index is 393. The SMILES string of the molecule is CC(=CCOC(=O)c1ccccc1)CCC=O. The smallest absolute Gasteiger partial charge is 0.338 e. The zero-order valence-electron chi connectivity index (χ0n) is 9.89. The maximum Gasteiger partial charge on any atom is 0.338 e. The van der Waals surface area contributed by atoms with Crippen molar-refractivity contribution >= 4 is 12.3 Å². The van der Waals surface area contributed by atoms with Crippen molar-refractivity contribution in [2.24, 2.45) is 0 Å². The average molecular weight is 232 g/mol. The van der Waals surface area contributed by atoms with Crippen molar-refractivity contribution in [1.82, 2.24) is 0 Å². The largest absolute Gasteiger partial charge is 0.458 e. The van der Waals surface area contributed by atoms with Crippen molar-refractivity contribution in [3.05, 3.63) is 47.5 Å². The summed E-state index contributed by atoms with van der Waals surface area (Å²) in [6.07, 6.45) is 3.93. The summed E-state index contributed by atoms with van der Waals surface area (Å²) in [5, 5.41) is 0. The minimum absolute atomic E-state index is 0.248. The molecular weight excluding hydrogens is 216 g/mol. The van der Waals surface area contributed by atoms with Crippen molar-refractivity contribution in [2.45, 2.75) is 19.8 Å². The van der Waals surface area contributed by atoms with Crippen LogP contribution in [-0.4, -0.2) is 18.9 Å². The van der Waals surface area contributed by atoms with Crippen LogP contribution in [0.15, 0.2) is 42.0 Å². The number of rotatable bonds is 6. The Morgan fingerprint density at radius 1 is 1.29 bits per heavy atom. The van der Waals surface area contributed by atoms with E-state index in [1.807, 2.05) is 19.1 Å². The average Bonchev–Trinajstić information content (AvgIpc) is 2.37. The third-order valence-corrected chi connectivity index (χ3v) is 2.31. The van der Waals surface area contributed by atoms with Gasteiger partial charge in [0.05, 0.1) is 5.56 Å². The van der Waals surface area contributed by atoms with E-state index in [4.69, 9.17) is 4.74 Å². The van der Waals surface area contributed by atoms with Crippen LogP contribution in [0.4, 0.5) is 0 Å². The van der Waals surface area contributed by atoms with Gasteiger partial charge in [-0.05, 0) is 31.6 Å². The van der Waals surface area contributed by atoms with Gasteiger partial charge in [-0.2, -0.15) is 0 Å². The molecule has 90 valence electrons. The first kappa shape index (κ1) is 13.2. The van der Waals surface area contributed by atoms with Crippen LogP contribution in [0.1, 0.15) is 30.1 Å². The number of esters is 1. The van der Waals surface area contributed by atoms with Crippen molar-refractivity contribution in [3.8, 4) is 0 Å². The summed E-state index contributed by atoms with van der Waals surface area (Å²) in [6.45, 7) is 2.16. The van der Waals surface area contributed by atoms with Gasteiger partial charge in [-0.25, -0.2) is 4.79 Å². The molecule has 0 saturated heterocycles. The van der Waals surface area contributed by atoms with E-state index < -0.39 is 0 Å². The number of benzene rings is 1. The fourth-order valence-electron chi connectivity index (χ4n) is 1.31. The minimum atomic E-state index is -0.329. The molecule has 0 heterocycles. The van der Waals surface area contributed by atoms with Gasteiger partial charge in [0.15, 0.2) is 0 Å². The monoisotopic (exact) mass is 232 g/mol. The fraction of sp³-hybridized carbons (Fsp3) is 0.286. The topological polar surface area (TPSA) is 43.4 Å². The predicted molar refractivity (Wildman–Crippen MR) is 65.8 cm³/mol. The number of carbonyl (C=O) groups excluding carboxylic acids is 2. The summed E-state index contributed by atoms with van der Waals surface area (Å²) in [5.41, 5.74) is 1.60. The Hall–Kier alpha value is -1.90. The highest BCUT2D eigenvalue weighted by molar-refractivity contribution is 5.89. The number of hydrogen-bond acceptors (Lipinski definition) is 3. The first-order valence-electron chi connectivity index (χ1n) is 5.55. The maximum atomic E-state index is 11.5. The zero-order chi connectivity index (χ0) is 12.5. The predicted octanol–water partition coefficient (Wildman–Crippen LogP) is 2.77. The van der Waals surface area contributed by atoms with E-state index in [0.717, 1.165) is 11.9 Å². The molecule has 0 aliphatic rings. The molecule has 0 aliphatic carbocycles. The standard InChI is InChI=1S/C14H16O3/c1-12(6-5-10-15)9-11-17-14(16)13-7-3-2-4-8-13/h2-4,7-10H,5-6,11H2,1H3. The molecule has 0 radical (unpaired) electrons. The van der Waals surface area contributed by atoms with E-state index >= 15 is 0 Å². The number of aldehydes is 1. The van der Waals surface area contributed by atoms with Crippen molar-refractivity contribution in [2.75, 3.05) is 6.61 Å². The van der Waals surface area contributed by atoms with Crippen LogP contribution in [0.2, 0.25) is 0 Å². The molecule has 0 N–H and O–H groups in total. The van der Waals surface area contributed by atoms with Crippen LogP contribution in [0, 0.1) is 0 Å². The van der Waals surface area contributed by atoms with Gasteiger partial charge in [0.25, 0.3) is 0 Å². The molecule has 3 heteroatoms. The van der Waals surface area contributed by atoms with Gasteiger partial charge in [0, 0.05) is 6.42 Å². The molecule has 0 aromatic heterocycles. The van der Waals surface area contributed by atoms with Crippen molar-refractivity contribution in [3.63, 3.8) is 0 Å². The second-order valence-corrected chi connectivity index (χ2v) is 3.72. The van der Waals surface area contributed by atoms with Gasteiger partial charge in [-0.3, -0.25) is 0 Å². The van der Waals surface area contributed by atoms with E-state index in [1.165, 1.54) is 0 Å². The molecule has 17 heavy (non-hydrogen) atoms. The van der Waals surface area contributed by atoms with Gasteiger partial charge in [0.1, 0.15) is 12.9 Å². The van der Waals surface area contributed by atoms with Crippen molar-refractivity contribution in [1.29, 1.82) is 0 Å². The Balaban J connectivity index is 2.36. The van der Waals surface area contributed by atoms with Crippen LogP contribution in [0.25, 0.3) is 0 Å². The Labute approximate surface area is 101 Å². The third kappa shape index (κ3) is 5.11. The van der Waals surface area contributed by atoms with Gasteiger partial charge in [-0.1, -0.05) is 23.8 Å². The highest BCUT2D eigenvalue weighted by Gasteiger charge is 2.03. The summed E-state index contributed by atoms with van der Waals surface area (Å²) in [5.74, 6) is -0.329. The molecule has 0 spiro atoms. The summed E-state index contributed by atoms with van der Waals surface area (Å²) >= 11 is 0. The van der Waals surface area contributed by atoms with Gasteiger partial charge >= 0.3 is 5.97 Å². The molecular formula is C14H16O3. The lowest BCUT2D eigenvalue weighted by atomic mass is 10.2. The van der Waals surface area contributed by atoms with Crippen molar-refractivity contribution < 1.29 is 14.3 Å². The lowest BCUT2D eigenvalue weighted by molar-refractivity contribution is -0.107. The first-order valence-corrected chi connectivity index (χ1v) is 5.55. The second kappa shape index (κ2) is 7.39. The highest BCUT2D eigenvalue weighted by Crippen LogP contribution is 2.04. The van der Waals surface area contributed by atoms with E-state index in [-0.39, 0.29) is 12.6 Å². The summed E-state index contributed by atoms with van der Waals surface area (Å²) in [4.78, 5) is 21.7. The highest BCUT2D eigenvalue weighted by atomic mass is 16.5. The molecule has 1 aromatic rings. The number of hydrogen-bond donors (Lipinski definition) is 0. The normalized spacial score (nSPS) is 11.0. The number of allylic oxidation sites excluding steroid dienone is 1. The van der Waals surface area contributed by atoms with Crippen LogP contribution in [0.3, 0.4) is 0 Å². The molecule has 0 unspecified atom stereocenters. The molecule has 0 saturated carbocycles. The lowest BCUT2D eigenvalue weighted by Crippen LogP contribution is -2.05. The van der Waals surface area contributed by atoms with Gasteiger partial charge in [-0.15, -0.1) is 0 Å². The molecule has 0 fully saturated rings. The van der Waals surface area contributed by atoms with Crippen LogP contribution in [0.5, 0.6) is 0 Å². The van der Waals surface area contributed by atoms with Gasteiger partial charge in [0.2, 0.25) is 0 Å². The number of carbonyl (C=O) groups is 2. The quantitative estimate of drug-likeness (QED) is 0.430. The summed E-state index contributed by atoms with van der Waals surface area (Å²) in [7, 11) is 0. The zero-order valence-corrected chi connectivity index (χ0v) is 9.89. The van der Waals surface area contributed by atoms with Crippen LogP contribution >= 0.6 is 0 Å². The molecule has 0 aliphatic heterocycles. The molecule has 1 aromatic carbocycles.